The second kappa shape index (κ2) is 4.99. The van der Waals surface area contributed by atoms with Gasteiger partial charge in [0.25, 0.3) is 6.43 Å². The molecule has 0 N–H and O–H groups in total. The molecule has 0 atom stereocenters. The Morgan fingerprint density at radius 1 is 1.39 bits per heavy atom. The summed E-state index contributed by atoms with van der Waals surface area (Å²) >= 11 is 0. The van der Waals surface area contributed by atoms with E-state index in [1.807, 2.05) is 0 Å². The number of hydrogen-bond donors (Lipinski definition) is 0. The minimum atomic E-state index is -2.87. The maximum Gasteiger partial charge on any atom is 0.282 e. The molecule has 4 nitrogen and oxygen atoms in total. The van der Waals surface area contributed by atoms with Gasteiger partial charge in [-0.05, 0) is 17.7 Å². The summed E-state index contributed by atoms with van der Waals surface area (Å²) in [5, 5.41) is 6.81. The number of aldehydes is 1. The van der Waals surface area contributed by atoms with Gasteiger partial charge in [0, 0.05) is 0 Å². The van der Waals surface area contributed by atoms with E-state index in [4.69, 9.17) is 0 Å². The summed E-state index contributed by atoms with van der Waals surface area (Å²) in [5.74, 6) is -0.471. The predicted octanol–water partition coefficient (Wildman–Crippen LogP) is 2.22. The van der Waals surface area contributed by atoms with Crippen LogP contribution in [-0.2, 0) is 6.54 Å². The molecule has 0 fully saturated rings. The third-order valence-electron chi connectivity index (χ3n) is 2.34. The first kappa shape index (κ1) is 12.3. The molecule has 0 aliphatic rings. The van der Waals surface area contributed by atoms with Crippen molar-refractivity contribution in [1.29, 1.82) is 0 Å². The first-order chi connectivity index (χ1) is 8.61. The zero-order valence-electron chi connectivity index (χ0n) is 9.05. The van der Waals surface area contributed by atoms with Crippen LogP contribution in [0.15, 0.2) is 24.3 Å². The van der Waals surface area contributed by atoms with Crippen LogP contribution in [0.25, 0.3) is 0 Å². The van der Waals surface area contributed by atoms with Crippen molar-refractivity contribution in [1.82, 2.24) is 15.0 Å². The van der Waals surface area contributed by atoms with Crippen LogP contribution in [0.4, 0.5) is 13.2 Å². The Balaban J connectivity index is 2.34. The fourth-order valence-electron chi connectivity index (χ4n) is 1.57. The summed E-state index contributed by atoms with van der Waals surface area (Å²) in [6.07, 6.45) is -2.65. The maximum absolute atomic E-state index is 13.0. The predicted molar refractivity (Wildman–Crippen MR) is 55.9 cm³/mol. The number of benzene rings is 1. The van der Waals surface area contributed by atoms with Crippen LogP contribution >= 0.6 is 0 Å². The highest BCUT2D eigenvalue weighted by Gasteiger charge is 2.21. The van der Waals surface area contributed by atoms with Crippen molar-refractivity contribution in [2.45, 2.75) is 13.0 Å². The van der Waals surface area contributed by atoms with Crippen molar-refractivity contribution in [2.75, 3.05) is 0 Å². The topological polar surface area (TPSA) is 47.8 Å². The van der Waals surface area contributed by atoms with Gasteiger partial charge in [-0.2, -0.15) is 0 Å². The summed E-state index contributed by atoms with van der Waals surface area (Å²) < 4.78 is 39.4. The van der Waals surface area contributed by atoms with Crippen LogP contribution in [0.5, 0.6) is 0 Å². The van der Waals surface area contributed by atoms with Crippen LogP contribution in [0, 0.1) is 5.82 Å². The molecule has 94 valence electrons. The highest BCUT2D eigenvalue weighted by atomic mass is 19.3. The van der Waals surface area contributed by atoms with Gasteiger partial charge in [-0.25, -0.2) is 17.9 Å². The smallest absolute Gasteiger partial charge is 0.282 e. The van der Waals surface area contributed by atoms with Gasteiger partial charge in [0.1, 0.15) is 11.5 Å². The van der Waals surface area contributed by atoms with Crippen molar-refractivity contribution >= 4 is 6.29 Å². The number of aromatic nitrogens is 3. The minimum Gasteiger partial charge on any atom is -0.296 e. The summed E-state index contributed by atoms with van der Waals surface area (Å²) in [5.41, 5.74) is -0.505. The zero-order valence-corrected chi connectivity index (χ0v) is 9.05. The van der Waals surface area contributed by atoms with Gasteiger partial charge in [0.15, 0.2) is 12.0 Å². The lowest BCUT2D eigenvalue weighted by Crippen LogP contribution is -2.08. The molecule has 0 radical (unpaired) electrons. The van der Waals surface area contributed by atoms with Gasteiger partial charge in [0.2, 0.25) is 0 Å². The van der Waals surface area contributed by atoms with Crippen LogP contribution in [0.1, 0.15) is 28.2 Å². The van der Waals surface area contributed by atoms with Gasteiger partial charge in [0.05, 0.1) is 6.54 Å². The third-order valence-corrected chi connectivity index (χ3v) is 2.34. The van der Waals surface area contributed by atoms with Crippen LogP contribution in [0.2, 0.25) is 0 Å². The Hall–Kier alpha value is -2.18. The molecule has 2 aromatic rings. The maximum atomic E-state index is 13.0. The van der Waals surface area contributed by atoms with Gasteiger partial charge in [-0.3, -0.25) is 4.79 Å². The quantitative estimate of drug-likeness (QED) is 0.787. The molecular formula is C11H8F3N3O. The molecule has 0 unspecified atom stereocenters. The van der Waals surface area contributed by atoms with E-state index in [0.717, 1.165) is 4.68 Å². The molecule has 0 amide bonds. The average Bonchev–Trinajstić information content (AvgIpc) is 2.72. The van der Waals surface area contributed by atoms with Crippen LogP contribution in [-0.4, -0.2) is 21.3 Å². The monoisotopic (exact) mass is 255 g/mol. The van der Waals surface area contributed by atoms with Crippen LogP contribution in [0.3, 0.4) is 0 Å². The first-order valence-electron chi connectivity index (χ1n) is 5.03. The normalized spacial score (nSPS) is 10.9. The molecule has 0 aliphatic heterocycles. The third kappa shape index (κ3) is 2.39. The molecule has 1 aromatic heterocycles. The lowest BCUT2D eigenvalue weighted by molar-refractivity contribution is 0.109. The number of carbonyl (C=O) groups excluding carboxylic acids is 1. The molecular weight excluding hydrogens is 247 g/mol. The van der Waals surface area contributed by atoms with Crippen LogP contribution < -0.4 is 0 Å². The van der Waals surface area contributed by atoms with Crippen molar-refractivity contribution in [2.24, 2.45) is 0 Å². The van der Waals surface area contributed by atoms with E-state index < -0.39 is 23.6 Å². The van der Waals surface area contributed by atoms with Crippen molar-refractivity contribution in [3.63, 3.8) is 0 Å². The highest BCUT2D eigenvalue weighted by molar-refractivity contribution is 5.73. The van der Waals surface area contributed by atoms with E-state index in [9.17, 15) is 18.0 Å². The molecule has 2 rings (SSSR count). The number of carbonyl (C=O) groups is 1. The molecule has 7 heteroatoms. The van der Waals surface area contributed by atoms with E-state index in [0.29, 0.717) is 5.56 Å². The fraction of sp³-hybridized carbons (Fsp3) is 0.182. The average molecular weight is 255 g/mol. The van der Waals surface area contributed by atoms with E-state index in [2.05, 4.69) is 10.3 Å². The molecule has 1 heterocycles. The molecule has 1 aromatic carbocycles. The molecule has 18 heavy (non-hydrogen) atoms. The molecule has 0 aliphatic carbocycles. The highest BCUT2D eigenvalue weighted by Crippen LogP contribution is 2.21. The van der Waals surface area contributed by atoms with Crippen molar-refractivity contribution in [3.05, 3.63) is 47.0 Å². The number of rotatable bonds is 4. The summed E-state index contributed by atoms with van der Waals surface area (Å²) in [6, 6.07) is 5.48. The molecule has 0 saturated heterocycles. The number of hydrogen-bond acceptors (Lipinski definition) is 3. The van der Waals surface area contributed by atoms with E-state index in [1.165, 1.54) is 18.2 Å². The van der Waals surface area contributed by atoms with Gasteiger partial charge >= 0.3 is 0 Å². The fourth-order valence-corrected chi connectivity index (χ4v) is 1.57. The Morgan fingerprint density at radius 3 is 2.78 bits per heavy atom. The second-order valence-electron chi connectivity index (χ2n) is 3.57. The summed E-state index contributed by atoms with van der Waals surface area (Å²) in [7, 11) is 0. The van der Waals surface area contributed by atoms with E-state index >= 15 is 0 Å². The molecule has 0 bridgehead atoms. The number of nitrogens with zero attached hydrogens (tertiary/aromatic N) is 3. The minimum absolute atomic E-state index is 0.0712. The molecule has 0 saturated carbocycles. The van der Waals surface area contributed by atoms with Gasteiger partial charge < -0.3 is 0 Å². The second-order valence-corrected chi connectivity index (χ2v) is 3.57. The van der Waals surface area contributed by atoms with Gasteiger partial charge in [-0.15, -0.1) is 5.10 Å². The Labute approximate surface area is 100 Å². The SMILES string of the molecule is O=Cc1nnn(Cc2cccc(F)c2)c1C(F)F. The number of halogens is 3. The Kier molecular flexibility index (Phi) is 3.40. The largest absolute Gasteiger partial charge is 0.296 e. The zero-order chi connectivity index (χ0) is 13.1. The molecule has 0 spiro atoms. The van der Waals surface area contributed by atoms with E-state index in [-0.39, 0.29) is 12.8 Å². The van der Waals surface area contributed by atoms with Crippen molar-refractivity contribution in [3.8, 4) is 0 Å². The van der Waals surface area contributed by atoms with Crippen molar-refractivity contribution < 1.29 is 18.0 Å². The summed E-state index contributed by atoms with van der Waals surface area (Å²) in [4.78, 5) is 10.5. The summed E-state index contributed by atoms with van der Waals surface area (Å²) in [6.45, 7) is -0.0712. The standard InChI is InChI=1S/C11H8F3N3O/c12-8-3-1-2-7(4-8)5-17-10(11(13)14)9(6-18)15-16-17/h1-4,6,11H,5H2. The number of alkyl halides is 2. The lowest BCUT2D eigenvalue weighted by Gasteiger charge is -2.06. The Morgan fingerprint density at radius 2 is 2.17 bits per heavy atom. The first-order valence-corrected chi connectivity index (χ1v) is 5.03. The van der Waals surface area contributed by atoms with Gasteiger partial charge in [-0.1, -0.05) is 17.3 Å². The Bertz CT molecular complexity index is 568. The van der Waals surface area contributed by atoms with E-state index in [1.54, 1.807) is 6.07 Å². The lowest BCUT2D eigenvalue weighted by atomic mass is 10.2.